The molecule has 1 aromatic rings. The van der Waals surface area contributed by atoms with Gasteiger partial charge < -0.3 is 0 Å². The fourth-order valence-electron chi connectivity index (χ4n) is 1.62. The van der Waals surface area contributed by atoms with Crippen LogP contribution in [0.2, 0.25) is 0 Å². The number of ketones is 1. The van der Waals surface area contributed by atoms with Gasteiger partial charge in [0.15, 0.2) is 5.78 Å². The number of hydrogen-bond acceptors (Lipinski definition) is 4. The molecule has 10 heteroatoms. The molecule has 0 saturated carbocycles. The van der Waals surface area contributed by atoms with E-state index >= 15 is 0 Å². The van der Waals surface area contributed by atoms with Gasteiger partial charge in [-0.15, -0.1) is 0 Å². The van der Waals surface area contributed by atoms with Gasteiger partial charge in [-0.25, -0.2) is 0 Å². The molecule has 0 saturated heterocycles. The Hall–Kier alpha value is -2.57. The van der Waals surface area contributed by atoms with Crippen molar-refractivity contribution < 1.29 is 31.1 Å². The van der Waals surface area contributed by atoms with Gasteiger partial charge in [-0.05, 0) is 18.2 Å². The number of rotatable bonds is 3. The molecule has 0 unspecified atom stereocenters. The summed E-state index contributed by atoms with van der Waals surface area (Å²) < 4.78 is 76.5. The number of alkyl halides is 6. The predicted molar refractivity (Wildman–Crippen MR) is 77.6 cm³/mol. The van der Waals surface area contributed by atoms with Crippen LogP contribution in [0, 0.1) is 16.7 Å². The second-order valence-corrected chi connectivity index (χ2v) is 6.06. The molecule has 1 N–H and O–H groups in total. The smallest absolute Gasteiger partial charge is 0.291 e. The van der Waals surface area contributed by atoms with Crippen molar-refractivity contribution in [2.24, 2.45) is 10.5 Å². The zero-order chi connectivity index (χ0) is 19.6. The van der Waals surface area contributed by atoms with Crippen molar-refractivity contribution in [3.63, 3.8) is 0 Å². The van der Waals surface area contributed by atoms with Gasteiger partial charge in [0.2, 0.25) is 5.71 Å². The minimum Gasteiger partial charge on any atom is -0.291 e. The van der Waals surface area contributed by atoms with Crippen LogP contribution in [0.1, 0.15) is 31.9 Å². The number of nitrogens with zero attached hydrogens (tertiary/aromatic N) is 2. The van der Waals surface area contributed by atoms with Gasteiger partial charge in [-0.3, -0.25) is 10.2 Å². The highest BCUT2D eigenvalue weighted by Gasteiger charge is 2.37. The number of carbonyl (C=O) groups is 1. The van der Waals surface area contributed by atoms with Gasteiger partial charge >= 0.3 is 12.4 Å². The third-order valence-electron chi connectivity index (χ3n) is 2.89. The lowest BCUT2D eigenvalue weighted by atomic mass is 9.88. The number of nitrogens with one attached hydrogen (secondary N) is 1. The molecule has 0 aliphatic carbocycles. The Balaban J connectivity index is 3.32. The van der Waals surface area contributed by atoms with Crippen molar-refractivity contribution in [3.8, 4) is 6.07 Å². The lowest BCUT2D eigenvalue weighted by Gasteiger charge is -2.15. The van der Waals surface area contributed by atoms with Crippen molar-refractivity contribution in [1.82, 2.24) is 0 Å². The van der Waals surface area contributed by atoms with Gasteiger partial charge in [0.25, 0.3) is 0 Å². The van der Waals surface area contributed by atoms with Crippen LogP contribution in [0.15, 0.2) is 23.3 Å². The normalized spacial score (nSPS) is 13.4. The molecule has 0 atom stereocenters. The van der Waals surface area contributed by atoms with Gasteiger partial charge in [0.05, 0.1) is 16.8 Å². The standard InChI is InChI=1S/C15H13F6N3O/c1-13(2,3)12(25)11(7-22)24-23-10-5-8(14(16,17)18)4-9(6-10)15(19,20)21/h4-6,23H,1-3H3/b24-11-. The number of hydrazone groups is 1. The fraction of sp³-hybridized carbons (Fsp3) is 0.400. The summed E-state index contributed by atoms with van der Waals surface area (Å²) in [5.74, 6) is -0.717. The van der Waals surface area contributed by atoms with Crippen LogP contribution in [0.25, 0.3) is 0 Å². The quantitative estimate of drug-likeness (QED) is 0.482. The molecule has 0 spiro atoms. The highest BCUT2D eigenvalue weighted by Crippen LogP contribution is 2.37. The van der Waals surface area contributed by atoms with E-state index in [2.05, 4.69) is 5.10 Å². The summed E-state index contributed by atoms with van der Waals surface area (Å²) in [5, 5.41) is 12.3. The average molecular weight is 365 g/mol. The molecule has 0 bridgehead atoms. The maximum atomic E-state index is 12.7. The summed E-state index contributed by atoms with van der Waals surface area (Å²) in [4.78, 5) is 11.9. The van der Waals surface area contributed by atoms with Gasteiger partial charge in [-0.2, -0.15) is 36.7 Å². The number of carbonyl (C=O) groups excluding carboxylic acids is 1. The largest absolute Gasteiger partial charge is 0.416 e. The van der Waals surface area contributed by atoms with Gasteiger partial charge in [0.1, 0.15) is 6.07 Å². The summed E-state index contributed by atoms with van der Waals surface area (Å²) in [6.45, 7) is 4.44. The minimum absolute atomic E-state index is 0.0413. The fourth-order valence-corrected chi connectivity index (χ4v) is 1.62. The van der Waals surface area contributed by atoms with Crippen LogP contribution < -0.4 is 5.43 Å². The van der Waals surface area contributed by atoms with E-state index in [4.69, 9.17) is 5.26 Å². The zero-order valence-electron chi connectivity index (χ0n) is 13.3. The van der Waals surface area contributed by atoms with Crippen molar-refractivity contribution in [2.75, 3.05) is 5.43 Å². The van der Waals surface area contributed by atoms with E-state index in [9.17, 15) is 31.1 Å². The van der Waals surface area contributed by atoms with E-state index in [1.807, 2.05) is 5.43 Å². The number of halogens is 6. The molecule has 0 aromatic heterocycles. The Morgan fingerprint density at radius 2 is 1.44 bits per heavy atom. The summed E-state index contributed by atoms with van der Waals surface area (Å²) in [6, 6.07) is 2.22. The van der Waals surface area contributed by atoms with Crippen molar-refractivity contribution in [2.45, 2.75) is 33.1 Å². The monoisotopic (exact) mass is 365 g/mol. The Bertz CT molecular complexity index is 703. The van der Waals surface area contributed by atoms with Gasteiger partial charge in [-0.1, -0.05) is 20.8 Å². The molecule has 0 aliphatic rings. The second kappa shape index (κ2) is 6.74. The Morgan fingerprint density at radius 1 is 1.00 bits per heavy atom. The molecule has 0 fully saturated rings. The zero-order valence-corrected chi connectivity index (χ0v) is 13.3. The highest BCUT2D eigenvalue weighted by atomic mass is 19.4. The molecule has 136 valence electrons. The molecule has 0 amide bonds. The topological polar surface area (TPSA) is 65.2 Å². The van der Waals surface area contributed by atoms with Crippen LogP contribution in [-0.2, 0) is 17.1 Å². The molecular formula is C15H13F6N3O. The van der Waals surface area contributed by atoms with E-state index in [1.165, 1.54) is 26.8 Å². The van der Waals surface area contributed by atoms with Crippen molar-refractivity contribution in [1.29, 1.82) is 5.26 Å². The van der Waals surface area contributed by atoms with Crippen LogP contribution in [0.3, 0.4) is 0 Å². The van der Waals surface area contributed by atoms with Gasteiger partial charge in [0, 0.05) is 5.41 Å². The summed E-state index contributed by atoms with van der Waals surface area (Å²) in [6.07, 6.45) is -10.0. The molecule has 1 rings (SSSR count). The molecule has 0 heterocycles. The lowest BCUT2D eigenvalue weighted by molar-refractivity contribution is -0.143. The first-order valence-corrected chi connectivity index (χ1v) is 6.74. The lowest BCUT2D eigenvalue weighted by Crippen LogP contribution is -2.28. The summed E-state index contributed by atoms with van der Waals surface area (Å²) in [7, 11) is 0. The maximum Gasteiger partial charge on any atom is 0.416 e. The average Bonchev–Trinajstić information content (AvgIpc) is 2.44. The third kappa shape index (κ3) is 5.48. The van der Waals surface area contributed by atoms with Crippen molar-refractivity contribution in [3.05, 3.63) is 29.3 Å². The number of benzene rings is 1. The molecule has 1 aromatic carbocycles. The van der Waals surface area contributed by atoms with Crippen LogP contribution in [0.4, 0.5) is 32.0 Å². The number of anilines is 1. The minimum atomic E-state index is -5.01. The first kappa shape index (κ1) is 20.5. The Kier molecular flexibility index (Phi) is 5.52. The molecule has 0 radical (unpaired) electrons. The van der Waals surface area contributed by atoms with E-state index in [0.717, 1.165) is 0 Å². The SMILES string of the molecule is CC(C)(C)C(=O)/C(C#N)=N\Nc1cc(C(F)(F)F)cc(C(F)(F)F)c1. The van der Waals surface area contributed by atoms with E-state index in [0.29, 0.717) is 12.1 Å². The Labute approximate surface area is 139 Å². The maximum absolute atomic E-state index is 12.7. The second-order valence-electron chi connectivity index (χ2n) is 6.06. The van der Waals surface area contributed by atoms with E-state index in [-0.39, 0.29) is 6.07 Å². The highest BCUT2D eigenvalue weighted by molar-refractivity contribution is 6.47. The summed E-state index contributed by atoms with van der Waals surface area (Å²) in [5.41, 5.74) is -3.49. The third-order valence-corrected chi connectivity index (χ3v) is 2.89. The number of Topliss-reactive ketones (excluding diaryl/α,β-unsaturated/α-hetero) is 1. The first-order valence-electron chi connectivity index (χ1n) is 6.74. The van der Waals surface area contributed by atoms with E-state index < -0.39 is 46.1 Å². The molecular weight excluding hydrogens is 352 g/mol. The summed E-state index contributed by atoms with van der Waals surface area (Å²) >= 11 is 0. The van der Waals surface area contributed by atoms with Crippen molar-refractivity contribution >= 4 is 17.2 Å². The van der Waals surface area contributed by atoms with E-state index in [1.54, 1.807) is 0 Å². The molecule has 0 aliphatic heterocycles. The van der Waals surface area contributed by atoms with Crippen LogP contribution in [0.5, 0.6) is 0 Å². The predicted octanol–water partition coefficient (Wildman–Crippen LogP) is 4.63. The molecule has 25 heavy (non-hydrogen) atoms. The van der Waals surface area contributed by atoms with Crippen LogP contribution in [-0.4, -0.2) is 11.5 Å². The number of hydrogen-bond donors (Lipinski definition) is 1. The first-order chi connectivity index (χ1) is 11.2. The Morgan fingerprint density at radius 3 is 1.76 bits per heavy atom. The number of nitriles is 1. The molecule has 4 nitrogen and oxygen atoms in total. The van der Waals surface area contributed by atoms with Crippen LogP contribution >= 0.6 is 0 Å².